The number of ether oxygens (including phenoxy) is 2. The van der Waals surface area contributed by atoms with Gasteiger partial charge in [-0.05, 0) is 81.2 Å². The van der Waals surface area contributed by atoms with Crippen LogP contribution in [0.1, 0.15) is 74.9 Å². The number of hydrogen-bond acceptors (Lipinski definition) is 8. The molecule has 1 fully saturated rings. The largest absolute Gasteiger partial charge is 0.488 e. The first-order valence-electron chi connectivity index (χ1n) is 15.7. The highest BCUT2D eigenvalue weighted by Crippen LogP contribution is 2.51. The highest BCUT2D eigenvalue weighted by atomic mass is 32.2. The van der Waals surface area contributed by atoms with Gasteiger partial charge in [0.05, 0.1) is 35.7 Å². The number of rotatable bonds is 5. The molecule has 0 spiro atoms. The second kappa shape index (κ2) is 12.4. The van der Waals surface area contributed by atoms with Gasteiger partial charge < -0.3 is 9.47 Å². The van der Waals surface area contributed by atoms with Crippen LogP contribution in [0.25, 0.3) is 11.3 Å². The van der Waals surface area contributed by atoms with Gasteiger partial charge in [-0.3, -0.25) is 0 Å². The number of aryl methyl sites for hydroxylation is 2. The van der Waals surface area contributed by atoms with Gasteiger partial charge in [-0.2, -0.15) is 4.98 Å². The summed E-state index contributed by atoms with van der Waals surface area (Å²) in [6.07, 6.45) is 5.34. The number of fused-ring (bicyclic) bond motifs is 6. The lowest BCUT2D eigenvalue weighted by molar-refractivity contribution is 0.0807. The average Bonchev–Trinajstić information content (AvgIpc) is 2.99. The normalized spacial score (nSPS) is 22.4. The fourth-order valence-corrected chi connectivity index (χ4v) is 8.14. The molecule has 2 unspecified atom stereocenters. The van der Waals surface area contributed by atoms with Crippen LogP contribution < -0.4 is 14.2 Å². The van der Waals surface area contributed by atoms with Crippen LogP contribution in [0.5, 0.6) is 11.6 Å². The maximum atomic E-state index is 13.8. The maximum absolute atomic E-state index is 13.8. The number of anilines is 1. The van der Waals surface area contributed by atoms with Crippen LogP contribution in [-0.4, -0.2) is 41.1 Å². The first kappa shape index (κ1) is 31.0. The van der Waals surface area contributed by atoms with E-state index in [4.69, 9.17) is 19.4 Å². The van der Waals surface area contributed by atoms with E-state index in [1.54, 1.807) is 24.5 Å². The Morgan fingerprint density at radius 1 is 0.933 bits per heavy atom. The lowest BCUT2D eigenvalue weighted by Crippen LogP contribution is -2.39. The Labute approximate surface area is 265 Å². The van der Waals surface area contributed by atoms with Crippen molar-refractivity contribution in [3.63, 3.8) is 0 Å². The number of benzene rings is 2. The van der Waals surface area contributed by atoms with E-state index in [1.165, 1.54) is 0 Å². The standard InChI is InChI=1S/C35H41N5O4S/c1-20(2)27-13-14-28(34-36-17-25(18-37-34)44-21(3)4)33-24-11-8-12-26(15-24)45(41,42)40-35-38-30(16-31(39-35)43-19-29(27)33)32-22(5)9-7-10-23(32)6/h7-12,15-18,20-21,27-29,33H,13-14,19H2,1-6H3,(H,38,39,40)/t27?,28-,29+,33?/m0/s1. The molecule has 1 aliphatic carbocycles. The number of nitrogens with zero attached hydrogens (tertiary/aromatic N) is 4. The van der Waals surface area contributed by atoms with Gasteiger partial charge in [0.2, 0.25) is 11.8 Å². The van der Waals surface area contributed by atoms with Crippen molar-refractivity contribution in [2.75, 3.05) is 11.3 Å². The average molecular weight is 628 g/mol. The second-order valence-electron chi connectivity index (χ2n) is 12.9. The molecule has 2 aromatic carbocycles. The molecule has 0 radical (unpaired) electrons. The Balaban J connectivity index is 1.49. The van der Waals surface area contributed by atoms with E-state index >= 15 is 0 Å². The molecule has 1 N–H and O–H groups in total. The molecule has 2 aliphatic rings. The van der Waals surface area contributed by atoms with Crippen LogP contribution >= 0.6 is 0 Å². The molecule has 2 aromatic heterocycles. The van der Waals surface area contributed by atoms with E-state index in [0.717, 1.165) is 40.9 Å². The van der Waals surface area contributed by atoms with Gasteiger partial charge in [0.15, 0.2) is 5.75 Å². The summed E-state index contributed by atoms with van der Waals surface area (Å²) in [6, 6.07) is 15.1. The summed E-state index contributed by atoms with van der Waals surface area (Å²) in [6.45, 7) is 12.9. The van der Waals surface area contributed by atoms with Crippen molar-refractivity contribution < 1.29 is 17.9 Å². The molecule has 236 valence electrons. The SMILES string of the molecule is Cc1cccc(C)c1-c1cc2nc(n1)NS(=O)(=O)c1cccc(c1)C1[C@H](CO2)C(C(C)C)CC[C@@H]1c1ncc(OC(C)C)cn1. The molecular weight excluding hydrogens is 586 g/mol. The highest BCUT2D eigenvalue weighted by Gasteiger charge is 2.44. The van der Waals surface area contributed by atoms with Crippen molar-refractivity contribution in [3.8, 4) is 22.9 Å². The summed E-state index contributed by atoms with van der Waals surface area (Å²) in [5.74, 6) is 2.30. The van der Waals surface area contributed by atoms with Gasteiger partial charge >= 0.3 is 0 Å². The quantitative estimate of drug-likeness (QED) is 0.250. The molecular formula is C35H41N5O4S. The van der Waals surface area contributed by atoms with E-state index < -0.39 is 10.0 Å². The maximum Gasteiger partial charge on any atom is 0.264 e. The van der Waals surface area contributed by atoms with Gasteiger partial charge in [-0.1, -0.05) is 44.2 Å². The van der Waals surface area contributed by atoms with Gasteiger partial charge in [-0.25, -0.2) is 28.1 Å². The molecule has 3 heterocycles. The van der Waals surface area contributed by atoms with Crippen LogP contribution in [0, 0.1) is 31.6 Å². The summed E-state index contributed by atoms with van der Waals surface area (Å²) in [4.78, 5) is 18.9. The summed E-state index contributed by atoms with van der Waals surface area (Å²) in [7, 11) is -4.01. The molecule has 10 heteroatoms. The molecule has 45 heavy (non-hydrogen) atoms. The van der Waals surface area contributed by atoms with E-state index in [0.29, 0.717) is 35.8 Å². The molecule has 6 rings (SSSR count). The number of hydrogen-bond donors (Lipinski definition) is 1. The summed E-state index contributed by atoms with van der Waals surface area (Å²) in [5.41, 5.74) is 4.52. The predicted octanol–water partition coefficient (Wildman–Crippen LogP) is 7.08. The predicted molar refractivity (Wildman–Crippen MR) is 174 cm³/mol. The smallest absolute Gasteiger partial charge is 0.264 e. The minimum atomic E-state index is -4.01. The Bertz CT molecular complexity index is 1770. The first-order chi connectivity index (χ1) is 21.5. The summed E-state index contributed by atoms with van der Waals surface area (Å²) < 4.78 is 42.6. The highest BCUT2D eigenvalue weighted by molar-refractivity contribution is 7.92. The molecule has 4 bridgehead atoms. The topological polar surface area (TPSA) is 116 Å². The van der Waals surface area contributed by atoms with E-state index in [-0.39, 0.29) is 34.7 Å². The minimum absolute atomic E-state index is 0.0182. The Morgan fingerprint density at radius 3 is 2.33 bits per heavy atom. The van der Waals surface area contributed by atoms with E-state index in [9.17, 15) is 8.42 Å². The minimum Gasteiger partial charge on any atom is -0.488 e. The monoisotopic (exact) mass is 627 g/mol. The fourth-order valence-electron chi connectivity index (χ4n) is 7.15. The van der Waals surface area contributed by atoms with Crippen LogP contribution in [0.4, 0.5) is 5.95 Å². The van der Waals surface area contributed by atoms with Gasteiger partial charge in [0.1, 0.15) is 5.82 Å². The van der Waals surface area contributed by atoms with Crippen molar-refractivity contribution in [3.05, 3.63) is 83.4 Å². The van der Waals surface area contributed by atoms with Gasteiger partial charge in [0.25, 0.3) is 10.0 Å². The molecule has 0 amide bonds. The van der Waals surface area contributed by atoms with Crippen LogP contribution in [-0.2, 0) is 10.0 Å². The second-order valence-corrected chi connectivity index (χ2v) is 14.6. The number of sulfonamides is 1. The third-order valence-corrected chi connectivity index (χ3v) is 10.4. The molecule has 4 atom stereocenters. The van der Waals surface area contributed by atoms with E-state index in [2.05, 4.69) is 28.5 Å². The molecule has 0 saturated heterocycles. The molecule has 1 aliphatic heterocycles. The fraction of sp³-hybridized carbons (Fsp3) is 0.429. The van der Waals surface area contributed by atoms with Crippen molar-refractivity contribution in [1.29, 1.82) is 0 Å². The first-order valence-corrected chi connectivity index (χ1v) is 17.2. The Morgan fingerprint density at radius 2 is 1.64 bits per heavy atom. The van der Waals surface area contributed by atoms with Crippen LogP contribution in [0.2, 0.25) is 0 Å². The van der Waals surface area contributed by atoms with Gasteiger partial charge in [0, 0.05) is 29.4 Å². The summed E-state index contributed by atoms with van der Waals surface area (Å²) in [5, 5.41) is 0. The van der Waals surface area contributed by atoms with Crippen molar-refractivity contribution in [2.24, 2.45) is 17.8 Å². The Hall–Kier alpha value is -4.05. The Kier molecular flexibility index (Phi) is 8.52. The lowest BCUT2D eigenvalue weighted by atomic mass is 9.61. The zero-order valence-electron chi connectivity index (χ0n) is 26.7. The summed E-state index contributed by atoms with van der Waals surface area (Å²) >= 11 is 0. The van der Waals surface area contributed by atoms with E-state index in [1.807, 2.05) is 64.1 Å². The number of aromatic nitrogens is 4. The van der Waals surface area contributed by atoms with Gasteiger partial charge in [-0.15, -0.1) is 0 Å². The zero-order chi connectivity index (χ0) is 31.9. The third-order valence-electron chi connectivity index (χ3n) is 9.11. The molecule has 9 nitrogen and oxygen atoms in total. The number of nitrogens with one attached hydrogen (secondary N) is 1. The van der Waals surface area contributed by atoms with Crippen LogP contribution in [0.3, 0.4) is 0 Å². The van der Waals surface area contributed by atoms with Crippen molar-refractivity contribution >= 4 is 16.0 Å². The van der Waals surface area contributed by atoms with Crippen molar-refractivity contribution in [1.82, 2.24) is 19.9 Å². The zero-order valence-corrected chi connectivity index (χ0v) is 27.5. The lowest BCUT2D eigenvalue weighted by Gasteiger charge is -2.44. The molecule has 1 saturated carbocycles. The van der Waals surface area contributed by atoms with Crippen LogP contribution in [0.15, 0.2) is 65.8 Å². The third kappa shape index (κ3) is 6.38. The van der Waals surface area contributed by atoms with Crippen molar-refractivity contribution in [2.45, 2.75) is 77.2 Å². The molecule has 4 aromatic rings.